The lowest BCUT2D eigenvalue weighted by Crippen LogP contribution is -2.33. The largest absolute Gasteiger partial charge is 0.493 e. The summed E-state index contributed by atoms with van der Waals surface area (Å²) in [6.07, 6.45) is 1.21. The molecule has 1 aliphatic heterocycles. The smallest absolute Gasteiger partial charge is 0.265 e. The SMILES string of the molecule is O=C(NS(=O)(=O)C1CC1)c1ccccc1-c1ccc2c(c1)OCC(Cc1ccccc1)[C@@H]2O. The maximum absolute atomic E-state index is 12.8. The van der Waals surface area contributed by atoms with Crippen LogP contribution < -0.4 is 9.46 Å². The van der Waals surface area contributed by atoms with Crippen molar-refractivity contribution in [2.75, 3.05) is 6.61 Å². The molecule has 2 aliphatic rings. The number of hydrogen-bond acceptors (Lipinski definition) is 5. The third-order valence-corrected chi connectivity index (χ3v) is 8.07. The van der Waals surface area contributed by atoms with Crippen LogP contribution in [0.2, 0.25) is 0 Å². The molecule has 5 rings (SSSR count). The first kappa shape index (κ1) is 21.7. The molecule has 3 aromatic rings. The second-order valence-electron chi connectivity index (χ2n) is 8.68. The Hall–Kier alpha value is -3.16. The van der Waals surface area contributed by atoms with E-state index in [0.717, 1.165) is 11.1 Å². The Bertz CT molecular complexity index is 1290. The zero-order chi connectivity index (χ0) is 23.0. The Balaban J connectivity index is 1.40. The number of carbonyl (C=O) groups is 1. The highest BCUT2D eigenvalue weighted by Gasteiger charge is 2.37. The van der Waals surface area contributed by atoms with Crippen LogP contribution in [0, 0.1) is 5.92 Å². The summed E-state index contributed by atoms with van der Waals surface area (Å²) in [6.45, 7) is 0.383. The molecule has 3 aromatic carbocycles. The predicted molar refractivity (Wildman–Crippen MR) is 125 cm³/mol. The van der Waals surface area contributed by atoms with Crippen molar-refractivity contribution < 1.29 is 23.1 Å². The van der Waals surface area contributed by atoms with Crippen molar-refractivity contribution in [1.29, 1.82) is 0 Å². The summed E-state index contributed by atoms with van der Waals surface area (Å²) in [5.74, 6) is -0.124. The first-order valence-corrected chi connectivity index (χ1v) is 12.6. The zero-order valence-electron chi connectivity index (χ0n) is 18.0. The second-order valence-corrected chi connectivity index (χ2v) is 10.6. The Morgan fingerprint density at radius 1 is 1.00 bits per heavy atom. The van der Waals surface area contributed by atoms with Gasteiger partial charge in [-0.05, 0) is 48.1 Å². The third kappa shape index (κ3) is 4.51. The normalized spacial score (nSPS) is 19.9. The quantitative estimate of drug-likeness (QED) is 0.579. The summed E-state index contributed by atoms with van der Waals surface area (Å²) >= 11 is 0. The molecule has 2 atom stereocenters. The molecule has 33 heavy (non-hydrogen) atoms. The fourth-order valence-corrected chi connectivity index (χ4v) is 5.57. The monoisotopic (exact) mass is 463 g/mol. The van der Waals surface area contributed by atoms with Gasteiger partial charge >= 0.3 is 0 Å². The van der Waals surface area contributed by atoms with Crippen LogP contribution in [0.25, 0.3) is 11.1 Å². The van der Waals surface area contributed by atoms with Gasteiger partial charge in [-0.2, -0.15) is 0 Å². The van der Waals surface area contributed by atoms with Crippen LogP contribution in [0.3, 0.4) is 0 Å². The molecule has 1 unspecified atom stereocenters. The summed E-state index contributed by atoms with van der Waals surface area (Å²) in [5.41, 5.74) is 3.46. The summed E-state index contributed by atoms with van der Waals surface area (Å²) < 4.78 is 32.7. The highest BCUT2D eigenvalue weighted by atomic mass is 32.2. The zero-order valence-corrected chi connectivity index (χ0v) is 18.8. The van der Waals surface area contributed by atoms with Crippen molar-refractivity contribution in [3.05, 3.63) is 89.5 Å². The molecule has 170 valence electrons. The van der Waals surface area contributed by atoms with Crippen molar-refractivity contribution in [2.45, 2.75) is 30.6 Å². The fraction of sp³-hybridized carbons (Fsp3) is 0.269. The molecule has 1 amide bonds. The van der Waals surface area contributed by atoms with Crippen LogP contribution in [-0.2, 0) is 16.4 Å². The van der Waals surface area contributed by atoms with E-state index in [4.69, 9.17) is 4.74 Å². The molecule has 0 radical (unpaired) electrons. The molecule has 1 aliphatic carbocycles. The lowest BCUT2D eigenvalue weighted by molar-refractivity contribution is 0.0508. The van der Waals surface area contributed by atoms with Gasteiger partial charge in [0, 0.05) is 17.0 Å². The average molecular weight is 464 g/mol. The molecule has 1 heterocycles. The highest BCUT2D eigenvalue weighted by Crippen LogP contribution is 2.40. The van der Waals surface area contributed by atoms with Crippen LogP contribution in [0.5, 0.6) is 5.75 Å². The first-order chi connectivity index (χ1) is 15.9. The third-order valence-electron chi connectivity index (χ3n) is 6.25. The summed E-state index contributed by atoms with van der Waals surface area (Å²) in [4.78, 5) is 12.8. The van der Waals surface area contributed by atoms with Crippen LogP contribution in [0.4, 0.5) is 0 Å². The first-order valence-electron chi connectivity index (χ1n) is 11.1. The number of amides is 1. The van der Waals surface area contributed by atoms with Crippen LogP contribution in [0.1, 0.15) is 40.4 Å². The Morgan fingerprint density at radius 2 is 1.73 bits per heavy atom. The van der Waals surface area contributed by atoms with Gasteiger partial charge in [0.25, 0.3) is 5.91 Å². The van der Waals surface area contributed by atoms with Crippen molar-refractivity contribution in [2.24, 2.45) is 5.92 Å². The molecule has 2 N–H and O–H groups in total. The highest BCUT2D eigenvalue weighted by molar-refractivity contribution is 7.91. The number of hydrogen-bond donors (Lipinski definition) is 2. The van der Waals surface area contributed by atoms with Gasteiger partial charge in [0.15, 0.2) is 0 Å². The number of rotatable bonds is 6. The molecule has 6 nitrogen and oxygen atoms in total. The molecule has 0 bridgehead atoms. The Labute approximate surface area is 193 Å². The van der Waals surface area contributed by atoms with E-state index in [0.29, 0.717) is 42.7 Å². The van der Waals surface area contributed by atoms with Crippen LogP contribution >= 0.6 is 0 Å². The standard InChI is InChI=1S/C26H25NO5S/c28-25-19(14-17-6-2-1-3-7-17)16-32-24-15-18(10-13-23(24)25)21-8-4-5-9-22(21)26(29)27-33(30,31)20-11-12-20/h1-10,13,15,19-20,25,28H,11-12,14,16H2,(H,27,29)/t19?,25-/m0/s1. The molecule has 1 saturated carbocycles. The van der Waals surface area contributed by atoms with Crippen molar-refractivity contribution in [1.82, 2.24) is 4.72 Å². The van der Waals surface area contributed by atoms with Gasteiger partial charge in [-0.3, -0.25) is 4.79 Å². The van der Waals surface area contributed by atoms with E-state index in [1.165, 1.54) is 0 Å². The molecule has 1 fully saturated rings. The maximum Gasteiger partial charge on any atom is 0.265 e. The summed E-state index contributed by atoms with van der Waals surface area (Å²) in [6, 6.07) is 22.3. The summed E-state index contributed by atoms with van der Waals surface area (Å²) in [7, 11) is -3.64. The fourth-order valence-electron chi connectivity index (χ4n) is 4.28. The maximum atomic E-state index is 12.8. The van der Waals surface area contributed by atoms with E-state index in [2.05, 4.69) is 4.72 Å². The van der Waals surface area contributed by atoms with E-state index in [-0.39, 0.29) is 11.5 Å². The van der Waals surface area contributed by atoms with Crippen LogP contribution in [-0.4, -0.2) is 31.3 Å². The molecular formula is C26H25NO5S. The van der Waals surface area contributed by atoms with Crippen LogP contribution in [0.15, 0.2) is 72.8 Å². The minimum atomic E-state index is -3.64. The van der Waals surface area contributed by atoms with Gasteiger partial charge in [0.1, 0.15) is 5.75 Å². The topological polar surface area (TPSA) is 92.7 Å². The molecule has 0 aromatic heterocycles. The average Bonchev–Trinajstić information content (AvgIpc) is 3.68. The predicted octanol–water partition coefficient (Wildman–Crippen LogP) is 3.86. The van der Waals surface area contributed by atoms with Gasteiger partial charge < -0.3 is 9.84 Å². The number of fused-ring (bicyclic) bond motifs is 1. The lowest BCUT2D eigenvalue weighted by atomic mass is 9.87. The molecular weight excluding hydrogens is 438 g/mol. The second kappa shape index (κ2) is 8.65. The number of nitrogens with one attached hydrogen (secondary N) is 1. The van der Waals surface area contributed by atoms with E-state index in [9.17, 15) is 18.3 Å². The number of ether oxygens (including phenoxy) is 1. The summed E-state index contributed by atoms with van der Waals surface area (Å²) in [5, 5.41) is 10.5. The van der Waals surface area contributed by atoms with E-state index in [1.54, 1.807) is 30.3 Å². The van der Waals surface area contributed by atoms with Gasteiger partial charge in [-0.1, -0.05) is 60.7 Å². The molecule has 0 saturated heterocycles. The Kier molecular flexibility index (Phi) is 5.68. The number of carbonyl (C=O) groups excluding carboxylic acids is 1. The lowest BCUT2D eigenvalue weighted by Gasteiger charge is -2.31. The van der Waals surface area contributed by atoms with Gasteiger partial charge in [0.2, 0.25) is 10.0 Å². The Morgan fingerprint density at radius 3 is 2.48 bits per heavy atom. The minimum Gasteiger partial charge on any atom is -0.493 e. The number of benzene rings is 3. The number of aliphatic hydroxyl groups is 1. The van der Waals surface area contributed by atoms with Crippen molar-refractivity contribution in [3.8, 4) is 16.9 Å². The van der Waals surface area contributed by atoms with Gasteiger partial charge in [-0.25, -0.2) is 13.1 Å². The van der Waals surface area contributed by atoms with Gasteiger partial charge in [-0.15, -0.1) is 0 Å². The molecule has 7 heteroatoms. The van der Waals surface area contributed by atoms with Crippen molar-refractivity contribution >= 4 is 15.9 Å². The van der Waals surface area contributed by atoms with E-state index >= 15 is 0 Å². The minimum absolute atomic E-state index is 0.0588. The number of aliphatic hydroxyl groups excluding tert-OH is 1. The van der Waals surface area contributed by atoms with Crippen molar-refractivity contribution in [3.63, 3.8) is 0 Å². The van der Waals surface area contributed by atoms with E-state index in [1.807, 2.05) is 42.5 Å². The van der Waals surface area contributed by atoms with E-state index < -0.39 is 27.3 Å². The molecule has 0 spiro atoms. The number of sulfonamides is 1. The van der Waals surface area contributed by atoms with Gasteiger partial charge in [0.05, 0.1) is 18.0 Å².